The zero-order valence-corrected chi connectivity index (χ0v) is 10.3. The molecule has 0 atom stereocenters. The molecule has 1 aromatic heterocycles. The van der Waals surface area contributed by atoms with Crippen molar-refractivity contribution in [3.63, 3.8) is 0 Å². The van der Waals surface area contributed by atoms with Crippen molar-refractivity contribution in [2.75, 3.05) is 11.5 Å². The average molecular weight is 257 g/mol. The highest BCUT2D eigenvalue weighted by atomic mass is 32.2. The van der Waals surface area contributed by atoms with Crippen LogP contribution in [0.2, 0.25) is 0 Å². The number of oxazole rings is 1. The predicted octanol–water partition coefficient (Wildman–Crippen LogP) is 0.783. The Hall–Kier alpha value is -1.17. The number of aldehydes is 1. The van der Waals surface area contributed by atoms with Crippen LogP contribution in [-0.2, 0) is 27.5 Å². The summed E-state index contributed by atoms with van der Waals surface area (Å²) in [7, 11) is -2.81. The maximum atomic E-state index is 11.3. The summed E-state index contributed by atoms with van der Waals surface area (Å²) in [4.78, 5) is 14.4. The molecule has 0 unspecified atom stereocenters. The fourth-order valence-electron chi connectivity index (χ4n) is 2.01. The van der Waals surface area contributed by atoms with Gasteiger partial charge in [-0.3, -0.25) is 0 Å². The van der Waals surface area contributed by atoms with Gasteiger partial charge in [-0.25, -0.2) is 13.4 Å². The molecule has 17 heavy (non-hydrogen) atoms. The normalized spacial score (nSPS) is 20.2. The van der Waals surface area contributed by atoms with Gasteiger partial charge in [0.05, 0.1) is 24.1 Å². The molecule has 5 nitrogen and oxygen atoms in total. The summed E-state index contributed by atoms with van der Waals surface area (Å²) in [5.41, 5.74) is 0. The van der Waals surface area contributed by atoms with Crippen LogP contribution in [0.5, 0.6) is 0 Å². The number of sulfone groups is 1. The molecule has 1 aromatic rings. The fourth-order valence-corrected chi connectivity index (χ4v) is 3.60. The molecule has 2 heterocycles. The first-order valence-electron chi connectivity index (χ1n) is 5.67. The Balaban J connectivity index is 1.90. The van der Waals surface area contributed by atoms with Crippen LogP contribution in [0.3, 0.4) is 0 Å². The van der Waals surface area contributed by atoms with E-state index in [2.05, 4.69) is 4.98 Å². The van der Waals surface area contributed by atoms with E-state index < -0.39 is 9.84 Å². The summed E-state index contributed by atoms with van der Waals surface area (Å²) in [6.07, 6.45) is 4.59. The van der Waals surface area contributed by atoms with Gasteiger partial charge in [0.15, 0.2) is 5.89 Å². The molecule has 0 amide bonds. The molecule has 1 saturated heterocycles. The largest absolute Gasteiger partial charge is 0.445 e. The first-order chi connectivity index (χ1) is 8.09. The molecule has 0 N–H and O–H groups in total. The van der Waals surface area contributed by atoms with Gasteiger partial charge in [-0.05, 0) is 18.8 Å². The maximum Gasteiger partial charge on any atom is 0.194 e. The minimum Gasteiger partial charge on any atom is -0.445 e. The average Bonchev–Trinajstić information content (AvgIpc) is 2.70. The summed E-state index contributed by atoms with van der Waals surface area (Å²) < 4.78 is 27.9. The first kappa shape index (κ1) is 12.3. The summed E-state index contributed by atoms with van der Waals surface area (Å²) in [5.74, 6) is 2.02. The third kappa shape index (κ3) is 3.39. The van der Waals surface area contributed by atoms with Crippen LogP contribution in [0.4, 0.5) is 0 Å². The smallest absolute Gasteiger partial charge is 0.194 e. The summed E-state index contributed by atoms with van der Waals surface area (Å²) in [6, 6.07) is 0. The van der Waals surface area contributed by atoms with E-state index >= 15 is 0 Å². The van der Waals surface area contributed by atoms with Crippen LogP contribution in [0.1, 0.15) is 24.5 Å². The third-order valence-electron chi connectivity index (χ3n) is 3.02. The second-order valence-electron chi connectivity index (χ2n) is 4.39. The number of carbonyl (C=O) groups excluding carboxylic acids is 1. The van der Waals surface area contributed by atoms with Gasteiger partial charge in [-0.15, -0.1) is 0 Å². The predicted molar refractivity (Wildman–Crippen MR) is 61.4 cm³/mol. The minimum atomic E-state index is -2.81. The Morgan fingerprint density at radius 1 is 1.41 bits per heavy atom. The Labute approximate surface area is 100 Å². The van der Waals surface area contributed by atoms with Gasteiger partial charge in [0.25, 0.3) is 0 Å². The Kier molecular flexibility index (Phi) is 3.61. The highest BCUT2D eigenvalue weighted by molar-refractivity contribution is 7.91. The van der Waals surface area contributed by atoms with Crippen molar-refractivity contribution in [1.82, 2.24) is 4.98 Å². The van der Waals surface area contributed by atoms with Crippen LogP contribution in [-0.4, -0.2) is 31.2 Å². The van der Waals surface area contributed by atoms with Crippen LogP contribution in [0.25, 0.3) is 0 Å². The lowest BCUT2D eigenvalue weighted by atomic mass is 9.99. The molecule has 0 bridgehead atoms. The van der Waals surface area contributed by atoms with E-state index in [-0.39, 0.29) is 17.9 Å². The second-order valence-corrected chi connectivity index (χ2v) is 6.69. The summed E-state index contributed by atoms with van der Waals surface area (Å²) in [6.45, 7) is 0. The number of hydrogen-bond donors (Lipinski definition) is 0. The molecule has 94 valence electrons. The molecule has 1 aliphatic rings. The quantitative estimate of drug-likeness (QED) is 0.745. The monoisotopic (exact) mass is 257 g/mol. The van der Waals surface area contributed by atoms with Crippen molar-refractivity contribution in [1.29, 1.82) is 0 Å². The van der Waals surface area contributed by atoms with E-state index in [9.17, 15) is 13.2 Å². The minimum absolute atomic E-state index is 0.242. The van der Waals surface area contributed by atoms with E-state index in [0.29, 0.717) is 36.8 Å². The Morgan fingerprint density at radius 2 is 2.12 bits per heavy atom. The van der Waals surface area contributed by atoms with Crippen LogP contribution >= 0.6 is 0 Å². The maximum absolute atomic E-state index is 11.3. The van der Waals surface area contributed by atoms with Gasteiger partial charge in [0, 0.05) is 6.42 Å². The van der Waals surface area contributed by atoms with Crippen molar-refractivity contribution in [2.24, 2.45) is 5.92 Å². The Bertz CT molecular complexity index is 477. The molecule has 0 radical (unpaired) electrons. The van der Waals surface area contributed by atoms with E-state index in [0.717, 1.165) is 6.29 Å². The molecule has 0 saturated carbocycles. The lowest BCUT2D eigenvalue weighted by molar-refractivity contribution is -0.107. The van der Waals surface area contributed by atoms with Gasteiger partial charge >= 0.3 is 0 Å². The third-order valence-corrected chi connectivity index (χ3v) is 4.74. The standard InChI is InChI=1S/C11H15NO4S/c13-4-1-10-8-12-11(16-10)7-9-2-5-17(14,15)6-3-9/h4,8-9H,1-3,5-7H2. The lowest BCUT2D eigenvalue weighted by Crippen LogP contribution is -2.24. The molecule has 1 fully saturated rings. The SMILES string of the molecule is O=CCc1cnc(CC2CCS(=O)(=O)CC2)o1. The molecule has 6 heteroatoms. The summed E-state index contributed by atoms with van der Waals surface area (Å²) in [5, 5.41) is 0. The number of aromatic nitrogens is 1. The number of hydrogen-bond acceptors (Lipinski definition) is 5. The lowest BCUT2D eigenvalue weighted by Gasteiger charge is -2.20. The van der Waals surface area contributed by atoms with Crippen molar-refractivity contribution in [3.8, 4) is 0 Å². The van der Waals surface area contributed by atoms with Gasteiger partial charge < -0.3 is 9.21 Å². The fraction of sp³-hybridized carbons (Fsp3) is 0.636. The van der Waals surface area contributed by atoms with Gasteiger partial charge in [0.1, 0.15) is 21.9 Å². The van der Waals surface area contributed by atoms with Crippen molar-refractivity contribution in [3.05, 3.63) is 17.8 Å². The zero-order chi connectivity index (χ0) is 12.3. The number of carbonyl (C=O) groups is 1. The van der Waals surface area contributed by atoms with Gasteiger partial charge in [-0.1, -0.05) is 0 Å². The molecule has 1 aliphatic heterocycles. The molecular formula is C11H15NO4S. The van der Waals surface area contributed by atoms with E-state index in [1.165, 1.54) is 0 Å². The topological polar surface area (TPSA) is 77.2 Å². The van der Waals surface area contributed by atoms with Crippen LogP contribution < -0.4 is 0 Å². The van der Waals surface area contributed by atoms with E-state index in [1.54, 1.807) is 6.20 Å². The molecule has 2 rings (SSSR count). The van der Waals surface area contributed by atoms with Crippen LogP contribution in [0.15, 0.2) is 10.6 Å². The summed E-state index contributed by atoms with van der Waals surface area (Å²) >= 11 is 0. The van der Waals surface area contributed by atoms with Gasteiger partial charge in [-0.2, -0.15) is 0 Å². The van der Waals surface area contributed by atoms with Crippen LogP contribution in [0, 0.1) is 5.92 Å². The molecule has 0 aliphatic carbocycles. The van der Waals surface area contributed by atoms with E-state index in [1.807, 2.05) is 0 Å². The highest BCUT2D eigenvalue weighted by Gasteiger charge is 2.24. The van der Waals surface area contributed by atoms with Crippen molar-refractivity contribution >= 4 is 16.1 Å². The van der Waals surface area contributed by atoms with Crippen molar-refractivity contribution < 1.29 is 17.6 Å². The zero-order valence-electron chi connectivity index (χ0n) is 9.46. The second kappa shape index (κ2) is 5.00. The molecular weight excluding hydrogens is 242 g/mol. The van der Waals surface area contributed by atoms with E-state index in [4.69, 9.17) is 4.42 Å². The molecule has 0 aromatic carbocycles. The first-order valence-corrected chi connectivity index (χ1v) is 7.49. The number of nitrogens with zero attached hydrogens (tertiary/aromatic N) is 1. The Morgan fingerprint density at radius 3 is 2.76 bits per heavy atom. The highest BCUT2D eigenvalue weighted by Crippen LogP contribution is 2.22. The number of rotatable bonds is 4. The van der Waals surface area contributed by atoms with Crippen molar-refractivity contribution in [2.45, 2.75) is 25.7 Å². The molecule has 0 spiro atoms. The van der Waals surface area contributed by atoms with Gasteiger partial charge in [0.2, 0.25) is 0 Å².